The van der Waals surface area contributed by atoms with Crippen molar-refractivity contribution in [1.29, 1.82) is 0 Å². The van der Waals surface area contributed by atoms with Crippen LogP contribution in [-0.2, 0) is 28.0 Å². The molecule has 0 N–H and O–H groups in total. The first-order valence-corrected chi connectivity index (χ1v) is 4.75. The van der Waals surface area contributed by atoms with Gasteiger partial charge in [-0.15, -0.1) is 11.6 Å². The molecule has 99 valence electrons. The van der Waals surface area contributed by atoms with Gasteiger partial charge in [-0.1, -0.05) is 11.6 Å². The molecule has 6 nitrogen and oxygen atoms in total. The number of carbonyl (C=O) groups is 1. The number of hydrogen-bond donors (Lipinski definition) is 0. The third-order valence-electron chi connectivity index (χ3n) is 0.940. The van der Waals surface area contributed by atoms with Crippen molar-refractivity contribution in [3.05, 3.63) is 30.6 Å². The molecular formula is C8H11Cl2O6V-. The molecule has 1 saturated heterocycles. The quantitative estimate of drug-likeness (QED) is 0.414. The summed E-state index contributed by atoms with van der Waals surface area (Å²) in [5, 5.41) is 0. The topological polar surface area (TPSA) is 78.9 Å². The maximum Gasteiger partial charge on any atom is 0.518 e. The number of cyclic esters (lactones) is 2. The normalized spacial score (nSPS) is 15.5. The van der Waals surface area contributed by atoms with Crippen molar-refractivity contribution < 1.29 is 41.7 Å². The third-order valence-corrected chi connectivity index (χ3v) is 1.16. The predicted molar refractivity (Wildman–Crippen MR) is 57.5 cm³/mol. The maximum absolute atomic E-state index is 9.92. The minimum atomic E-state index is -0.681. The van der Waals surface area contributed by atoms with E-state index >= 15 is 0 Å². The molecule has 1 unspecified atom stereocenters. The zero-order chi connectivity index (χ0) is 11.7. The standard InChI is InChI=1S/C3H3ClO3.C3H2O3.CH3Cl.CH3.V/c4-2-1-6-3(5)7-2;4-3-5-1-2-6-3;1-2;;/h2H,1H2;1-2H;1H3;1H3;/q;;;-1;. The van der Waals surface area contributed by atoms with Crippen LogP contribution in [0.2, 0.25) is 0 Å². The number of alkyl halides is 2. The summed E-state index contributed by atoms with van der Waals surface area (Å²) in [7, 11) is 0. The van der Waals surface area contributed by atoms with Crippen LogP contribution in [0.5, 0.6) is 0 Å². The van der Waals surface area contributed by atoms with E-state index < -0.39 is 17.5 Å². The van der Waals surface area contributed by atoms with Gasteiger partial charge in [0.05, 0.1) is 0 Å². The van der Waals surface area contributed by atoms with Crippen molar-refractivity contribution >= 4 is 29.4 Å². The molecule has 1 aliphatic rings. The molecule has 2 heterocycles. The number of ether oxygens (including phenoxy) is 2. The van der Waals surface area contributed by atoms with E-state index in [0.29, 0.717) is 0 Å². The fourth-order valence-electron chi connectivity index (χ4n) is 0.500. The molecular weight excluding hydrogens is 314 g/mol. The summed E-state index contributed by atoms with van der Waals surface area (Å²) in [6.07, 6.45) is 3.16. The van der Waals surface area contributed by atoms with E-state index in [1.165, 1.54) is 18.9 Å². The monoisotopic (exact) mass is 324 g/mol. The Morgan fingerprint density at radius 3 is 1.82 bits per heavy atom. The van der Waals surface area contributed by atoms with Crippen LogP contribution in [0.15, 0.2) is 26.2 Å². The summed E-state index contributed by atoms with van der Waals surface area (Å²) in [5.74, 6) is -0.657. The minimum absolute atomic E-state index is 0. The molecule has 1 aliphatic heterocycles. The molecule has 2 rings (SSSR count). The Labute approximate surface area is 120 Å². The summed E-state index contributed by atoms with van der Waals surface area (Å²) in [4.78, 5) is 19.7. The zero-order valence-electron chi connectivity index (χ0n) is 9.09. The van der Waals surface area contributed by atoms with Crippen LogP contribution in [0.1, 0.15) is 0 Å². The molecule has 1 atom stereocenters. The van der Waals surface area contributed by atoms with Gasteiger partial charge >= 0.3 is 12.0 Å². The van der Waals surface area contributed by atoms with Gasteiger partial charge in [0.1, 0.15) is 19.1 Å². The summed E-state index contributed by atoms with van der Waals surface area (Å²) in [5.41, 5.74) is -0.576. The van der Waals surface area contributed by atoms with E-state index in [4.69, 9.17) is 11.6 Å². The van der Waals surface area contributed by atoms with Crippen LogP contribution in [-0.4, -0.2) is 24.7 Å². The Bertz CT molecular complexity index is 309. The second-order valence-corrected chi connectivity index (χ2v) is 2.33. The molecule has 0 amide bonds. The van der Waals surface area contributed by atoms with Gasteiger partial charge in [-0.05, 0) is 0 Å². The van der Waals surface area contributed by atoms with Crippen molar-refractivity contribution in [3.8, 4) is 0 Å². The Morgan fingerprint density at radius 1 is 1.24 bits per heavy atom. The molecule has 0 aromatic carbocycles. The van der Waals surface area contributed by atoms with Gasteiger partial charge in [0, 0.05) is 24.9 Å². The van der Waals surface area contributed by atoms with Crippen molar-refractivity contribution in [2.45, 2.75) is 5.56 Å². The van der Waals surface area contributed by atoms with Gasteiger partial charge < -0.3 is 25.7 Å². The predicted octanol–water partition coefficient (Wildman–Crippen LogP) is 2.25. The number of hydrogen-bond acceptors (Lipinski definition) is 6. The van der Waals surface area contributed by atoms with Crippen LogP contribution >= 0.6 is 23.2 Å². The van der Waals surface area contributed by atoms with Gasteiger partial charge in [0.25, 0.3) is 0 Å². The van der Waals surface area contributed by atoms with E-state index in [0.717, 1.165) is 0 Å². The smallest absolute Gasteiger partial charge is 0.429 e. The first-order valence-electron chi connectivity index (χ1n) is 3.56. The Kier molecular flexibility index (Phi) is 17.2. The third kappa shape index (κ3) is 11.7. The first-order chi connectivity index (χ1) is 7.18. The van der Waals surface area contributed by atoms with Crippen LogP contribution in [0.25, 0.3) is 0 Å². The largest absolute Gasteiger partial charge is 0.518 e. The summed E-state index contributed by atoms with van der Waals surface area (Å²) < 4.78 is 16.8. The molecule has 0 bridgehead atoms. The fourth-order valence-corrected chi connectivity index (χ4v) is 0.636. The average molecular weight is 325 g/mol. The number of rotatable bonds is 0. The molecule has 1 fully saturated rings. The molecule has 1 aromatic rings. The Morgan fingerprint density at radius 2 is 1.71 bits per heavy atom. The van der Waals surface area contributed by atoms with Crippen LogP contribution < -0.4 is 5.82 Å². The number of carbonyl (C=O) groups excluding carboxylic acids is 1. The van der Waals surface area contributed by atoms with Crippen molar-refractivity contribution in [3.63, 3.8) is 0 Å². The summed E-state index contributed by atoms with van der Waals surface area (Å²) >= 11 is 9.88. The van der Waals surface area contributed by atoms with Crippen molar-refractivity contribution in [2.24, 2.45) is 0 Å². The molecule has 17 heavy (non-hydrogen) atoms. The van der Waals surface area contributed by atoms with E-state index in [9.17, 15) is 9.59 Å². The second-order valence-electron chi connectivity index (χ2n) is 1.85. The summed E-state index contributed by atoms with van der Waals surface area (Å²) in [6, 6.07) is 0. The molecule has 1 aromatic heterocycles. The first kappa shape index (κ1) is 21.7. The molecule has 9 heteroatoms. The second kappa shape index (κ2) is 13.5. The maximum atomic E-state index is 9.92. The van der Waals surface area contributed by atoms with Gasteiger partial charge in [-0.25, -0.2) is 9.59 Å². The van der Waals surface area contributed by atoms with Crippen LogP contribution in [0.3, 0.4) is 0 Å². The van der Waals surface area contributed by atoms with E-state index in [1.807, 2.05) is 0 Å². The van der Waals surface area contributed by atoms with Gasteiger partial charge in [-0.2, -0.15) is 0 Å². The fraction of sp³-hybridized carbons (Fsp3) is 0.375. The van der Waals surface area contributed by atoms with Crippen molar-refractivity contribution in [1.82, 2.24) is 0 Å². The van der Waals surface area contributed by atoms with Gasteiger partial charge in [0.2, 0.25) is 5.56 Å². The van der Waals surface area contributed by atoms with Crippen LogP contribution in [0, 0.1) is 7.43 Å². The van der Waals surface area contributed by atoms with E-state index in [2.05, 4.69) is 29.9 Å². The molecule has 0 aliphatic carbocycles. The molecule has 1 radical (unpaired) electrons. The van der Waals surface area contributed by atoms with E-state index in [-0.39, 0.29) is 32.6 Å². The van der Waals surface area contributed by atoms with Gasteiger partial charge in [-0.3, -0.25) is 0 Å². The summed E-state index contributed by atoms with van der Waals surface area (Å²) in [6.45, 7) is 0.167. The molecule has 0 saturated carbocycles. The molecule has 0 spiro atoms. The van der Waals surface area contributed by atoms with E-state index in [1.54, 1.807) is 0 Å². The van der Waals surface area contributed by atoms with Crippen molar-refractivity contribution in [2.75, 3.05) is 13.0 Å². The Balaban J connectivity index is -0.000000184. The zero-order valence-corrected chi connectivity index (χ0v) is 12.0. The number of halogens is 2. The Hall–Kier alpha value is -0.556. The minimum Gasteiger partial charge on any atom is -0.429 e. The van der Waals surface area contributed by atoms with Gasteiger partial charge in [0.15, 0.2) is 0 Å². The average Bonchev–Trinajstić information content (AvgIpc) is 2.82. The van der Waals surface area contributed by atoms with Crippen LogP contribution in [0.4, 0.5) is 4.79 Å². The SMILES string of the molecule is CCl.O=C1OCC(Cl)O1.O=c1occo1.[CH3-].[V].